The van der Waals surface area contributed by atoms with E-state index in [1.54, 1.807) is 18.3 Å². The smallest absolute Gasteiger partial charge is 0.191 e. The van der Waals surface area contributed by atoms with Crippen LogP contribution in [0.4, 0.5) is 4.39 Å². The maximum atomic E-state index is 12.9. The molecule has 0 spiro atoms. The lowest BCUT2D eigenvalue weighted by Crippen LogP contribution is -2.41. The number of guanidine groups is 1. The van der Waals surface area contributed by atoms with Crippen LogP contribution in [0.15, 0.2) is 41.5 Å². The van der Waals surface area contributed by atoms with Gasteiger partial charge in [-0.25, -0.2) is 9.38 Å². The number of aromatic nitrogens is 2. The molecule has 0 saturated heterocycles. The highest BCUT2D eigenvalue weighted by molar-refractivity contribution is 5.79. The molecule has 0 bridgehead atoms. The molecular weight excluding hydrogens is 297 g/mol. The molecule has 1 unspecified atom stereocenters. The van der Waals surface area contributed by atoms with Crippen molar-refractivity contribution in [2.75, 3.05) is 13.1 Å². The molecule has 6 nitrogen and oxygen atoms in total. The molecular formula is C16H22FN5O. The van der Waals surface area contributed by atoms with Crippen LogP contribution in [0.2, 0.25) is 0 Å². The summed E-state index contributed by atoms with van der Waals surface area (Å²) in [7, 11) is 0. The van der Waals surface area contributed by atoms with Gasteiger partial charge in [-0.2, -0.15) is 5.10 Å². The molecule has 7 heteroatoms. The minimum absolute atomic E-state index is 0.0866. The van der Waals surface area contributed by atoms with Crippen LogP contribution in [0.5, 0.6) is 5.75 Å². The molecule has 1 atom stereocenters. The Hall–Kier alpha value is -2.57. The molecule has 0 aliphatic heterocycles. The van der Waals surface area contributed by atoms with Crippen LogP contribution < -0.4 is 15.4 Å². The number of nitrogens with one attached hydrogen (secondary N) is 3. The standard InChI is InChI=1S/C16H22FN5O/c1-3-18-16(20-11-14-8-9-21-22-14)19-10-12(2)23-15-6-4-13(17)5-7-15/h4-9,12H,3,10-11H2,1-2H3,(H,21,22)(H2,18,19,20). The summed E-state index contributed by atoms with van der Waals surface area (Å²) >= 11 is 0. The summed E-state index contributed by atoms with van der Waals surface area (Å²) in [6, 6.07) is 7.87. The van der Waals surface area contributed by atoms with Crippen LogP contribution in [0, 0.1) is 5.82 Å². The number of H-pyrrole nitrogens is 1. The summed E-state index contributed by atoms with van der Waals surface area (Å²) in [5.41, 5.74) is 0.942. The number of ether oxygens (including phenoxy) is 1. The Kier molecular flexibility index (Phi) is 6.40. The Morgan fingerprint density at radius 2 is 2.09 bits per heavy atom. The van der Waals surface area contributed by atoms with E-state index in [1.165, 1.54) is 12.1 Å². The number of benzene rings is 1. The van der Waals surface area contributed by atoms with E-state index < -0.39 is 0 Å². The van der Waals surface area contributed by atoms with Gasteiger partial charge in [0.15, 0.2) is 5.96 Å². The second-order valence-electron chi connectivity index (χ2n) is 5.04. The monoisotopic (exact) mass is 319 g/mol. The van der Waals surface area contributed by atoms with Gasteiger partial charge in [-0.3, -0.25) is 5.10 Å². The molecule has 0 amide bonds. The number of aliphatic imine (C=N–C) groups is 1. The van der Waals surface area contributed by atoms with Crippen LogP contribution in [0.1, 0.15) is 19.5 Å². The zero-order valence-corrected chi connectivity index (χ0v) is 13.3. The Morgan fingerprint density at radius 3 is 2.74 bits per heavy atom. The molecule has 0 fully saturated rings. The molecule has 2 rings (SSSR count). The first-order chi connectivity index (χ1) is 11.2. The minimum Gasteiger partial charge on any atom is -0.489 e. The zero-order valence-electron chi connectivity index (χ0n) is 13.3. The lowest BCUT2D eigenvalue weighted by molar-refractivity contribution is 0.223. The van der Waals surface area contributed by atoms with Crippen molar-refractivity contribution in [2.24, 2.45) is 4.99 Å². The van der Waals surface area contributed by atoms with Crippen molar-refractivity contribution < 1.29 is 9.13 Å². The van der Waals surface area contributed by atoms with Crippen molar-refractivity contribution in [1.29, 1.82) is 0 Å². The quantitative estimate of drug-likeness (QED) is 0.539. The maximum absolute atomic E-state index is 12.9. The third-order valence-corrected chi connectivity index (χ3v) is 3.02. The first kappa shape index (κ1) is 16.8. The molecule has 3 N–H and O–H groups in total. The van der Waals surface area contributed by atoms with Gasteiger partial charge >= 0.3 is 0 Å². The number of aromatic amines is 1. The van der Waals surface area contributed by atoms with Gasteiger partial charge < -0.3 is 15.4 Å². The van der Waals surface area contributed by atoms with Crippen molar-refractivity contribution in [3.05, 3.63) is 48.0 Å². The maximum Gasteiger partial charge on any atom is 0.191 e. The van der Waals surface area contributed by atoms with Gasteiger partial charge in [0, 0.05) is 12.7 Å². The van der Waals surface area contributed by atoms with Crippen molar-refractivity contribution in [2.45, 2.75) is 26.5 Å². The third-order valence-electron chi connectivity index (χ3n) is 3.02. The predicted molar refractivity (Wildman–Crippen MR) is 87.9 cm³/mol. The molecule has 2 aromatic rings. The summed E-state index contributed by atoms with van der Waals surface area (Å²) in [5.74, 6) is 1.07. The molecule has 1 heterocycles. The van der Waals surface area contributed by atoms with Gasteiger partial charge in [0.05, 0.1) is 18.8 Å². The summed E-state index contributed by atoms with van der Waals surface area (Å²) in [4.78, 5) is 4.46. The fourth-order valence-electron chi connectivity index (χ4n) is 1.91. The molecule has 124 valence electrons. The average molecular weight is 319 g/mol. The van der Waals surface area contributed by atoms with E-state index in [2.05, 4.69) is 25.8 Å². The van der Waals surface area contributed by atoms with Crippen LogP contribution in [-0.2, 0) is 6.54 Å². The van der Waals surface area contributed by atoms with Gasteiger partial charge in [-0.05, 0) is 44.2 Å². The second kappa shape index (κ2) is 8.77. The van der Waals surface area contributed by atoms with Gasteiger partial charge in [0.1, 0.15) is 17.7 Å². The Bertz CT molecular complexity index is 597. The summed E-state index contributed by atoms with van der Waals surface area (Å²) < 4.78 is 18.6. The van der Waals surface area contributed by atoms with E-state index in [-0.39, 0.29) is 11.9 Å². The topological polar surface area (TPSA) is 74.3 Å². The summed E-state index contributed by atoms with van der Waals surface area (Å²) in [5, 5.41) is 13.2. The lowest BCUT2D eigenvalue weighted by Gasteiger charge is -2.17. The molecule has 0 saturated carbocycles. The minimum atomic E-state index is -0.275. The number of hydrogen-bond donors (Lipinski definition) is 3. The van der Waals surface area contributed by atoms with E-state index in [1.807, 2.05) is 19.9 Å². The first-order valence-corrected chi connectivity index (χ1v) is 7.60. The predicted octanol–water partition coefficient (Wildman–Crippen LogP) is 2.07. The van der Waals surface area contributed by atoms with Crippen molar-refractivity contribution in [3.63, 3.8) is 0 Å². The lowest BCUT2D eigenvalue weighted by atomic mass is 10.3. The van der Waals surface area contributed by atoms with E-state index >= 15 is 0 Å². The van der Waals surface area contributed by atoms with Crippen molar-refractivity contribution in [3.8, 4) is 5.75 Å². The van der Waals surface area contributed by atoms with E-state index in [0.717, 1.165) is 12.2 Å². The van der Waals surface area contributed by atoms with Crippen molar-refractivity contribution in [1.82, 2.24) is 20.8 Å². The van der Waals surface area contributed by atoms with E-state index in [4.69, 9.17) is 4.74 Å². The molecule has 1 aromatic carbocycles. The largest absolute Gasteiger partial charge is 0.489 e. The normalized spacial score (nSPS) is 12.7. The number of rotatable bonds is 7. The Labute approximate surface area is 135 Å². The Balaban J connectivity index is 1.82. The van der Waals surface area contributed by atoms with E-state index in [0.29, 0.717) is 24.8 Å². The SMILES string of the molecule is CCNC(=NCc1ccn[nH]1)NCC(C)Oc1ccc(F)cc1. The number of nitrogens with zero attached hydrogens (tertiary/aromatic N) is 2. The van der Waals surface area contributed by atoms with Crippen LogP contribution in [-0.4, -0.2) is 35.4 Å². The molecule has 0 aliphatic rings. The molecule has 1 aromatic heterocycles. The van der Waals surface area contributed by atoms with Gasteiger partial charge in [0.2, 0.25) is 0 Å². The highest BCUT2D eigenvalue weighted by atomic mass is 19.1. The first-order valence-electron chi connectivity index (χ1n) is 7.60. The highest BCUT2D eigenvalue weighted by Crippen LogP contribution is 2.12. The van der Waals surface area contributed by atoms with Crippen molar-refractivity contribution >= 4 is 5.96 Å². The highest BCUT2D eigenvalue weighted by Gasteiger charge is 2.06. The van der Waals surface area contributed by atoms with Gasteiger partial charge in [-0.15, -0.1) is 0 Å². The fraction of sp³-hybridized carbons (Fsp3) is 0.375. The zero-order chi connectivity index (χ0) is 16.5. The van der Waals surface area contributed by atoms with Crippen LogP contribution in [0.25, 0.3) is 0 Å². The molecule has 0 aliphatic carbocycles. The molecule has 23 heavy (non-hydrogen) atoms. The Morgan fingerprint density at radius 1 is 1.30 bits per heavy atom. The summed E-state index contributed by atoms with van der Waals surface area (Å²) in [6.07, 6.45) is 1.61. The third kappa shape index (κ3) is 5.98. The van der Waals surface area contributed by atoms with E-state index in [9.17, 15) is 4.39 Å². The van der Waals surface area contributed by atoms with Gasteiger partial charge in [-0.1, -0.05) is 0 Å². The number of halogens is 1. The fourth-order valence-corrected chi connectivity index (χ4v) is 1.91. The van der Waals surface area contributed by atoms with Crippen LogP contribution in [0.3, 0.4) is 0 Å². The van der Waals surface area contributed by atoms with Crippen LogP contribution >= 0.6 is 0 Å². The number of hydrogen-bond acceptors (Lipinski definition) is 3. The summed E-state index contributed by atoms with van der Waals surface area (Å²) in [6.45, 7) is 5.80. The second-order valence-corrected chi connectivity index (χ2v) is 5.04. The average Bonchev–Trinajstić information content (AvgIpc) is 3.06. The van der Waals surface area contributed by atoms with Gasteiger partial charge in [0.25, 0.3) is 0 Å². The molecule has 0 radical (unpaired) electrons.